The van der Waals surface area contributed by atoms with E-state index < -0.39 is 0 Å². The van der Waals surface area contributed by atoms with Gasteiger partial charge in [-0.2, -0.15) is 0 Å². The van der Waals surface area contributed by atoms with Gasteiger partial charge in [0.05, 0.1) is 0 Å². The molecule has 84 valence electrons. The van der Waals surface area contributed by atoms with Gasteiger partial charge in [-0.3, -0.25) is 0 Å². The molecule has 2 heterocycles. The van der Waals surface area contributed by atoms with Crippen molar-refractivity contribution in [2.24, 2.45) is 0 Å². The zero-order valence-electron chi connectivity index (χ0n) is 9.31. The van der Waals surface area contributed by atoms with E-state index in [9.17, 15) is 0 Å². The fourth-order valence-corrected chi connectivity index (χ4v) is 2.10. The van der Waals surface area contributed by atoms with Crippen LogP contribution in [-0.2, 0) is 13.0 Å². The monoisotopic (exact) mass is 233 g/mol. The molecule has 2 rings (SSSR count). The quantitative estimate of drug-likeness (QED) is 0.860. The second-order valence-electron chi connectivity index (χ2n) is 3.54. The standard InChI is InChI=1S/C12H15N3S/c1-2-13-7-10-8-14-12(15-9-10)6-11-4-3-5-16-11/h3-5,8-9,13H,2,6-7H2,1H3. The average molecular weight is 233 g/mol. The summed E-state index contributed by atoms with van der Waals surface area (Å²) in [6.45, 7) is 3.90. The molecule has 0 saturated carbocycles. The zero-order valence-corrected chi connectivity index (χ0v) is 10.1. The third kappa shape index (κ3) is 3.12. The molecule has 0 spiro atoms. The van der Waals surface area contributed by atoms with Crippen LogP contribution in [0.25, 0.3) is 0 Å². The summed E-state index contributed by atoms with van der Waals surface area (Å²) in [6.07, 6.45) is 4.64. The van der Waals surface area contributed by atoms with Gasteiger partial charge in [-0.1, -0.05) is 13.0 Å². The molecular formula is C12H15N3S. The van der Waals surface area contributed by atoms with Crippen LogP contribution in [0.5, 0.6) is 0 Å². The maximum Gasteiger partial charge on any atom is 0.133 e. The van der Waals surface area contributed by atoms with Crippen LogP contribution in [0.1, 0.15) is 23.2 Å². The minimum absolute atomic E-state index is 0.832. The van der Waals surface area contributed by atoms with E-state index in [1.165, 1.54) is 4.88 Å². The molecular weight excluding hydrogens is 218 g/mol. The largest absolute Gasteiger partial charge is 0.313 e. The highest BCUT2D eigenvalue weighted by Crippen LogP contribution is 2.11. The van der Waals surface area contributed by atoms with Gasteiger partial charge in [-0.05, 0) is 18.0 Å². The Labute approximate surface area is 99.6 Å². The third-order valence-corrected chi connectivity index (χ3v) is 3.13. The second kappa shape index (κ2) is 5.72. The normalized spacial score (nSPS) is 10.6. The minimum atomic E-state index is 0.832. The van der Waals surface area contributed by atoms with Crippen molar-refractivity contribution < 1.29 is 0 Å². The van der Waals surface area contributed by atoms with Crippen molar-refractivity contribution in [2.75, 3.05) is 6.54 Å². The molecule has 0 aliphatic heterocycles. The number of aromatic nitrogens is 2. The number of nitrogens with zero attached hydrogens (tertiary/aromatic N) is 2. The van der Waals surface area contributed by atoms with Crippen molar-refractivity contribution in [3.63, 3.8) is 0 Å². The summed E-state index contributed by atoms with van der Waals surface area (Å²) in [6, 6.07) is 4.17. The summed E-state index contributed by atoms with van der Waals surface area (Å²) in [4.78, 5) is 10.0. The highest BCUT2D eigenvalue weighted by molar-refractivity contribution is 7.09. The Morgan fingerprint density at radius 3 is 2.75 bits per heavy atom. The van der Waals surface area contributed by atoms with Crippen molar-refractivity contribution in [2.45, 2.75) is 19.9 Å². The van der Waals surface area contributed by atoms with Gasteiger partial charge in [0.25, 0.3) is 0 Å². The highest BCUT2D eigenvalue weighted by Gasteiger charge is 2.00. The maximum absolute atomic E-state index is 4.36. The van der Waals surface area contributed by atoms with Crippen molar-refractivity contribution in [1.29, 1.82) is 0 Å². The first-order chi connectivity index (χ1) is 7.88. The van der Waals surface area contributed by atoms with Crippen LogP contribution in [0.15, 0.2) is 29.9 Å². The third-order valence-electron chi connectivity index (χ3n) is 2.25. The summed E-state index contributed by atoms with van der Waals surface area (Å²) in [5.41, 5.74) is 1.14. The number of hydrogen-bond acceptors (Lipinski definition) is 4. The van der Waals surface area contributed by atoms with Crippen LogP contribution in [0.3, 0.4) is 0 Å². The molecule has 3 nitrogen and oxygen atoms in total. The number of rotatable bonds is 5. The van der Waals surface area contributed by atoms with Gasteiger partial charge >= 0.3 is 0 Å². The molecule has 0 radical (unpaired) electrons. The number of nitrogens with one attached hydrogen (secondary N) is 1. The first-order valence-corrected chi connectivity index (χ1v) is 6.29. The Hall–Kier alpha value is -1.26. The van der Waals surface area contributed by atoms with E-state index >= 15 is 0 Å². The van der Waals surface area contributed by atoms with Crippen LogP contribution in [0.2, 0.25) is 0 Å². The molecule has 16 heavy (non-hydrogen) atoms. The molecule has 4 heteroatoms. The van der Waals surface area contributed by atoms with Gasteiger partial charge in [0, 0.05) is 35.8 Å². The molecule has 0 amide bonds. The average Bonchev–Trinajstić information content (AvgIpc) is 2.81. The molecule has 0 atom stereocenters. The summed E-state index contributed by atoms with van der Waals surface area (Å²) in [5.74, 6) is 0.891. The van der Waals surface area contributed by atoms with E-state index in [1.54, 1.807) is 11.3 Å². The van der Waals surface area contributed by atoms with Gasteiger partial charge in [-0.25, -0.2) is 9.97 Å². The van der Waals surface area contributed by atoms with E-state index in [4.69, 9.17) is 0 Å². The lowest BCUT2D eigenvalue weighted by Gasteiger charge is -2.02. The summed E-state index contributed by atoms with van der Waals surface area (Å²) in [5, 5.41) is 5.33. The van der Waals surface area contributed by atoms with Crippen molar-refractivity contribution in [3.8, 4) is 0 Å². The van der Waals surface area contributed by atoms with E-state index in [1.807, 2.05) is 12.4 Å². The SMILES string of the molecule is CCNCc1cnc(Cc2cccs2)nc1. The molecule has 0 bridgehead atoms. The Kier molecular flexibility index (Phi) is 4.02. The Balaban J connectivity index is 1.96. The fourth-order valence-electron chi connectivity index (χ4n) is 1.40. The molecule has 0 aromatic carbocycles. The molecule has 0 unspecified atom stereocenters. The lowest BCUT2D eigenvalue weighted by molar-refractivity contribution is 0.718. The first kappa shape index (κ1) is 11.2. The summed E-state index contributed by atoms with van der Waals surface area (Å²) in [7, 11) is 0. The highest BCUT2D eigenvalue weighted by atomic mass is 32.1. The summed E-state index contributed by atoms with van der Waals surface area (Å²) < 4.78 is 0. The molecule has 0 saturated heterocycles. The maximum atomic E-state index is 4.36. The van der Waals surface area contributed by atoms with E-state index in [-0.39, 0.29) is 0 Å². The molecule has 0 fully saturated rings. The summed E-state index contributed by atoms with van der Waals surface area (Å²) >= 11 is 1.74. The Bertz CT molecular complexity index is 408. The predicted molar refractivity (Wildman–Crippen MR) is 66.5 cm³/mol. The van der Waals surface area contributed by atoms with Gasteiger partial charge in [0.1, 0.15) is 5.82 Å². The molecule has 2 aromatic heterocycles. The lowest BCUT2D eigenvalue weighted by atomic mass is 10.3. The van der Waals surface area contributed by atoms with Gasteiger partial charge < -0.3 is 5.32 Å². The van der Waals surface area contributed by atoms with Crippen molar-refractivity contribution >= 4 is 11.3 Å². The van der Waals surface area contributed by atoms with Crippen LogP contribution in [-0.4, -0.2) is 16.5 Å². The lowest BCUT2D eigenvalue weighted by Crippen LogP contribution is -2.12. The predicted octanol–water partition coefficient (Wildman–Crippen LogP) is 2.24. The van der Waals surface area contributed by atoms with E-state index in [0.717, 1.165) is 30.9 Å². The van der Waals surface area contributed by atoms with Crippen LogP contribution >= 0.6 is 11.3 Å². The van der Waals surface area contributed by atoms with Crippen LogP contribution < -0.4 is 5.32 Å². The van der Waals surface area contributed by atoms with Crippen LogP contribution in [0, 0.1) is 0 Å². The smallest absolute Gasteiger partial charge is 0.133 e. The fraction of sp³-hybridized carbons (Fsp3) is 0.333. The number of hydrogen-bond donors (Lipinski definition) is 1. The Morgan fingerprint density at radius 1 is 1.31 bits per heavy atom. The van der Waals surface area contributed by atoms with E-state index in [0.29, 0.717) is 0 Å². The molecule has 0 aliphatic rings. The van der Waals surface area contributed by atoms with Gasteiger partial charge in [0.15, 0.2) is 0 Å². The van der Waals surface area contributed by atoms with Gasteiger partial charge in [0.2, 0.25) is 0 Å². The van der Waals surface area contributed by atoms with Crippen LogP contribution in [0.4, 0.5) is 0 Å². The Morgan fingerprint density at radius 2 is 2.12 bits per heavy atom. The molecule has 2 aromatic rings. The topological polar surface area (TPSA) is 37.8 Å². The van der Waals surface area contributed by atoms with E-state index in [2.05, 4.69) is 39.7 Å². The first-order valence-electron chi connectivity index (χ1n) is 5.41. The van der Waals surface area contributed by atoms with Crippen molar-refractivity contribution in [3.05, 3.63) is 46.2 Å². The number of thiophene rings is 1. The molecule has 0 aliphatic carbocycles. The zero-order chi connectivity index (χ0) is 11.2. The minimum Gasteiger partial charge on any atom is -0.313 e. The second-order valence-corrected chi connectivity index (χ2v) is 4.58. The molecule has 1 N–H and O–H groups in total. The van der Waals surface area contributed by atoms with Gasteiger partial charge in [-0.15, -0.1) is 11.3 Å². The van der Waals surface area contributed by atoms with Crippen molar-refractivity contribution in [1.82, 2.24) is 15.3 Å².